The van der Waals surface area contributed by atoms with Crippen molar-refractivity contribution in [1.29, 1.82) is 0 Å². The van der Waals surface area contributed by atoms with Crippen LogP contribution in [0.15, 0.2) is 12.2 Å². The molecule has 0 aromatic heterocycles. The van der Waals surface area contributed by atoms with Crippen LogP contribution in [-0.2, 0) is 0 Å². The van der Waals surface area contributed by atoms with Crippen LogP contribution in [0.25, 0.3) is 0 Å². The molecule has 0 spiro atoms. The fourth-order valence-corrected chi connectivity index (χ4v) is 2.36. The molecule has 0 N–H and O–H groups in total. The predicted octanol–water partition coefficient (Wildman–Crippen LogP) is 5.52. The molecule has 114 valence electrons. The van der Waals surface area contributed by atoms with Gasteiger partial charge in [0.25, 0.3) is 0 Å². The summed E-state index contributed by atoms with van der Waals surface area (Å²) in [6.07, 6.45) is 6.56. The minimum atomic E-state index is 0.439. The molecule has 0 atom stereocenters. The van der Waals surface area contributed by atoms with Gasteiger partial charge >= 0.3 is 0 Å². The topological polar surface area (TPSA) is 3.24 Å². The van der Waals surface area contributed by atoms with Gasteiger partial charge in [-0.1, -0.05) is 52.7 Å². The largest absolute Gasteiger partial charge is 0.303 e. The molecule has 0 fully saturated rings. The van der Waals surface area contributed by atoms with E-state index in [1.54, 1.807) is 0 Å². The summed E-state index contributed by atoms with van der Waals surface area (Å²) in [4.78, 5) is 2.46. The Morgan fingerprint density at radius 1 is 1.05 bits per heavy atom. The summed E-state index contributed by atoms with van der Waals surface area (Å²) in [6.45, 7) is 19.2. The fourth-order valence-electron chi connectivity index (χ4n) is 2.36. The molecule has 0 aromatic carbocycles. The first-order valence-electron chi connectivity index (χ1n) is 8.03. The monoisotopic (exact) mass is 267 g/mol. The maximum atomic E-state index is 4.15. The van der Waals surface area contributed by atoms with Crippen molar-refractivity contribution in [1.82, 2.24) is 4.90 Å². The number of allylic oxidation sites excluding steroid dienone is 1. The lowest BCUT2D eigenvalue weighted by molar-refractivity contribution is 0.165. The van der Waals surface area contributed by atoms with Gasteiger partial charge in [0, 0.05) is 12.6 Å². The van der Waals surface area contributed by atoms with Crippen molar-refractivity contribution in [2.75, 3.05) is 13.6 Å². The van der Waals surface area contributed by atoms with Gasteiger partial charge in [0.05, 0.1) is 0 Å². The third-order valence-corrected chi connectivity index (χ3v) is 4.23. The van der Waals surface area contributed by atoms with E-state index in [-0.39, 0.29) is 0 Å². The number of unbranched alkanes of at least 4 members (excludes halogenated alkanes) is 2. The molecule has 0 amide bonds. The first-order valence-corrected chi connectivity index (χ1v) is 8.03. The highest BCUT2D eigenvalue weighted by atomic mass is 15.1. The molecule has 0 aliphatic heterocycles. The van der Waals surface area contributed by atoms with Crippen molar-refractivity contribution < 1.29 is 0 Å². The van der Waals surface area contributed by atoms with Crippen LogP contribution in [0.1, 0.15) is 73.6 Å². The lowest BCUT2D eigenvalue weighted by atomic mass is 9.85. The van der Waals surface area contributed by atoms with Crippen molar-refractivity contribution in [2.24, 2.45) is 11.3 Å². The van der Waals surface area contributed by atoms with E-state index in [4.69, 9.17) is 0 Å². The van der Waals surface area contributed by atoms with Gasteiger partial charge in [0.15, 0.2) is 0 Å². The number of hydrogen-bond acceptors (Lipinski definition) is 1. The molecule has 0 rings (SSSR count). The molecule has 1 nitrogen and oxygen atoms in total. The van der Waals surface area contributed by atoms with Gasteiger partial charge in [-0.25, -0.2) is 0 Å². The predicted molar refractivity (Wildman–Crippen MR) is 88.6 cm³/mol. The molecular formula is C18H37N. The summed E-state index contributed by atoms with van der Waals surface area (Å²) in [7, 11) is 2.24. The van der Waals surface area contributed by atoms with Crippen molar-refractivity contribution in [2.45, 2.75) is 79.7 Å². The molecule has 0 bridgehead atoms. The Morgan fingerprint density at radius 3 is 2.11 bits per heavy atom. The number of rotatable bonds is 10. The molecule has 0 aliphatic carbocycles. The molecule has 0 saturated heterocycles. The summed E-state index contributed by atoms with van der Waals surface area (Å²) in [5.74, 6) is 0.649. The van der Waals surface area contributed by atoms with E-state index < -0.39 is 0 Å². The minimum absolute atomic E-state index is 0.439. The molecule has 19 heavy (non-hydrogen) atoms. The smallest absolute Gasteiger partial charge is 0.00357 e. The highest BCUT2D eigenvalue weighted by Gasteiger charge is 2.20. The maximum Gasteiger partial charge on any atom is 0.00357 e. The molecule has 0 aromatic rings. The SMILES string of the molecule is C=C(CCCCCC(C)(C)CN(C)C(C)C)C(C)C. The molecule has 1 heteroatoms. The third-order valence-electron chi connectivity index (χ3n) is 4.23. The molecule has 0 unspecified atom stereocenters. The quantitative estimate of drug-likeness (QED) is 0.372. The summed E-state index contributed by atoms with van der Waals surface area (Å²) in [5, 5.41) is 0. The van der Waals surface area contributed by atoms with E-state index in [9.17, 15) is 0 Å². The highest BCUT2D eigenvalue weighted by Crippen LogP contribution is 2.26. The highest BCUT2D eigenvalue weighted by molar-refractivity contribution is 4.96. The lowest BCUT2D eigenvalue weighted by Crippen LogP contribution is -2.35. The van der Waals surface area contributed by atoms with E-state index in [1.165, 1.54) is 44.2 Å². The third kappa shape index (κ3) is 9.27. The molecule has 0 heterocycles. The van der Waals surface area contributed by atoms with Crippen molar-refractivity contribution in [3.63, 3.8) is 0 Å². The van der Waals surface area contributed by atoms with Gasteiger partial charge in [-0.15, -0.1) is 0 Å². The van der Waals surface area contributed by atoms with Crippen LogP contribution < -0.4 is 0 Å². The maximum absolute atomic E-state index is 4.15. The molecule has 0 aliphatic rings. The Hall–Kier alpha value is -0.300. The van der Waals surface area contributed by atoms with Crippen molar-refractivity contribution in [3.05, 3.63) is 12.2 Å². The summed E-state index contributed by atoms with van der Waals surface area (Å²) in [5.41, 5.74) is 1.85. The summed E-state index contributed by atoms with van der Waals surface area (Å²) in [6, 6.07) is 0.647. The van der Waals surface area contributed by atoms with Crippen LogP contribution >= 0.6 is 0 Å². The normalized spacial score (nSPS) is 12.7. The first kappa shape index (κ1) is 18.7. The average molecular weight is 268 g/mol. The number of hydrogen-bond donors (Lipinski definition) is 0. The van der Waals surface area contributed by atoms with E-state index in [0.717, 1.165) is 0 Å². The van der Waals surface area contributed by atoms with Gasteiger partial charge in [-0.2, -0.15) is 0 Å². The molecule has 0 radical (unpaired) electrons. The minimum Gasteiger partial charge on any atom is -0.303 e. The second kappa shape index (κ2) is 8.79. The Morgan fingerprint density at radius 2 is 1.63 bits per heavy atom. The lowest BCUT2D eigenvalue weighted by Gasteiger charge is -2.32. The van der Waals surface area contributed by atoms with Crippen LogP contribution in [0.3, 0.4) is 0 Å². The summed E-state index contributed by atoms with van der Waals surface area (Å²) < 4.78 is 0. The van der Waals surface area contributed by atoms with Gasteiger partial charge in [0.1, 0.15) is 0 Å². The van der Waals surface area contributed by atoms with Crippen LogP contribution in [0.5, 0.6) is 0 Å². The van der Waals surface area contributed by atoms with Gasteiger partial charge < -0.3 is 4.90 Å². The van der Waals surface area contributed by atoms with Gasteiger partial charge in [-0.05, 0) is 51.5 Å². The molecular weight excluding hydrogens is 230 g/mol. The Bertz CT molecular complexity index is 250. The van der Waals surface area contributed by atoms with Gasteiger partial charge in [-0.3, -0.25) is 0 Å². The second-order valence-corrected chi connectivity index (χ2v) is 7.55. The van der Waals surface area contributed by atoms with E-state index >= 15 is 0 Å². The zero-order valence-corrected chi connectivity index (χ0v) is 14.6. The number of nitrogens with zero attached hydrogens (tertiary/aromatic N) is 1. The van der Waals surface area contributed by atoms with E-state index in [1.807, 2.05) is 0 Å². The first-order chi connectivity index (χ1) is 8.65. The Balaban J connectivity index is 3.78. The Labute approximate surface area is 122 Å². The van der Waals surface area contributed by atoms with Crippen LogP contribution in [0.2, 0.25) is 0 Å². The van der Waals surface area contributed by atoms with Crippen molar-refractivity contribution in [3.8, 4) is 0 Å². The summed E-state index contributed by atoms with van der Waals surface area (Å²) >= 11 is 0. The second-order valence-electron chi connectivity index (χ2n) is 7.55. The van der Waals surface area contributed by atoms with Crippen molar-refractivity contribution >= 4 is 0 Å². The zero-order chi connectivity index (χ0) is 15.1. The zero-order valence-electron chi connectivity index (χ0n) is 14.6. The van der Waals surface area contributed by atoms with Gasteiger partial charge in [0.2, 0.25) is 0 Å². The van der Waals surface area contributed by atoms with E-state index in [0.29, 0.717) is 17.4 Å². The van der Waals surface area contributed by atoms with E-state index in [2.05, 4.69) is 60.1 Å². The van der Waals surface area contributed by atoms with Crippen LogP contribution in [0, 0.1) is 11.3 Å². The van der Waals surface area contributed by atoms with Crippen LogP contribution in [0.4, 0.5) is 0 Å². The fraction of sp³-hybridized carbons (Fsp3) is 0.889. The average Bonchev–Trinajstić information content (AvgIpc) is 2.27. The molecule has 0 saturated carbocycles. The Kier molecular flexibility index (Phi) is 8.65. The standard InChI is InChI=1S/C18H37N/c1-15(2)17(5)12-10-9-11-13-18(6,7)14-19(8)16(3)4/h15-16H,5,9-14H2,1-4,6-8H3. The van der Waals surface area contributed by atoms with Crippen LogP contribution in [-0.4, -0.2) is 24.5 Å².